The molecule has 2 aliphatic heterocycles. The van der Waals surface area contributed by atoms with Gasteiger partial charge in [-0.05, 0) is 115 Å². The Morgan fingerprint density at radius 1 is 0.593 bits per heavy atom. The Bertz CT molecular complexity index is 1400. The zero-order valence-corrected chi connectivity index (χ0v) is 32.7. The standard InChI is InChI=1S/2C19H27F3N2O3/c2*1-13-12-24(17(25)27-18(2,3)4)11-10-16(13)23(5)14-6-8-15(9-7-14)26-19(20,21)22/h2*6-9,13,16H,10-12H2,1-5H3/t2*13-,16+/m10/s1. The van der Waals surface area contributed by atoms with Gasteiger partial charge in [-0.3, -0.25) is 0 Å². The number of benzene rings is 2. The smallest absolute Gasteiger partial charge is 0.444 e. The number of ether oxygens (including phenoxy) is 4. The van der Waals surface area contributed by atoms with Crippen LogP contribution in [-0.2, 0) is 9.47 Å². The second-order valence-corrected chi connectivity index (χ2v) is 15.8. The van der Waals surface area contributed by atoms with E-state index in [1.807, 2.05) is 65.4 Å². The SMILES string of the molecule is C[C@@H]1CN(C(=O)OC(C)(C)C)CC[C@@H]1N(C)c1ccc(OC(F)(F)F)cc1.C[C@H]1CN(C(=O)OC(C)(C)C)CC[C@H]1N(C)c1ccc(OC(F)(F)F)cc1. The molecule has 10 nitrogen and oxygen atoms in total. The van der Waals surface area contributed by atoms with Crippen LogP contribution in [0.5, 0.6) is 11.5 Å². The lowest BCUT2D eigenvalue weighted by atomic mass is 9.92. The van der Waals surface area contributed by atoms with Gasteiger partial charge in [0.2, 0.25) is 0 Å². The van der Waals surface area contributed by atoms with Crippen LogP contribution in [0.1, 0.15) is 68.2 Å². The summed E-state index contributed by atoms with van der Waals surface area (Å²) in [6.45, 7) is 17.4. The maximum absolute atomic E-state index is 12.3. The van der Waals surface area contributed by atoms with Crippen LogP contribution in [0.25, 0.3) is 0 Å². The average molecular weight is 777 g/mol. The Kier molecular flexibility index (Phi) is 14.3. The number of alkyl halides is 6. The molecule has 2 fully saturated rings. The quantitative estimate of drug-likeness (QED) is 0.269. The van der Waals surface area contributed by atoms with Crippen LogP contribution in [0.4, 0.5) is 47.3 Å². The second kappa shape index (κ2) is 17.5. The number of carbonyl (C=O) groups excluding carboxylic acids is 2. The first-order valence-corrected chi connectivity index (χ1v) is 17.8. The summed E-state index contributed by atoms with van der Waals surface area (Å²) in [5.74, 6) is -0.121. The molecule has 2 saturated heterocycles. The number of carbonyl (C=O) groups is 2. The van der Waals surface area contributed by atoms with Crippen molar-refractivity contribution in [2.45, 2.75) is 104 Å². The normalized spacial score (nSPS) is 21.0. The Hall–Kier alpha value is -4.24. The first kappa shape index (κ1) is 44.2. The largest absolute Gasteiger partial charge is 0.573 e. The molecule has 2 amide bonds. The van der Waals surface area contributed by atoms with Gasteiger partial charge < -0.3 is 38.5 Å². The highest BCUT2D eigenvalue weighted by molar-refractivity contribution is 5.69. The van der Waals surface area contributed by atoms with Crippen molar-refractivity contribution >= 4 is 23.6 Å². The molecule has 4 rings (SSSR count). The highest BCUT2D eigenvalue weighted by atomic mass is 19.4. The van der Waals surface area contributed by atoms with Gasteiger partial charge in [0.25, 0.3) is 0 Å². The van der Waals surface area contributed by atoms with E-state index in [1.165, 1.54) is 24.3 Å². The van der Waals surface area contributed by atoms with Gasteiger partial charge >= 0.3 is 24.9 Å². The highest BCUT2D eigenvalue weighted by Gasteiger charge is 2.36. The zero-order chi connectivity index (χ0) is 40.8. The van der Waals surface area contributed by atoms with Gasteiger partial charge in [0, 0.05) is 63.7 Å². The molecule has 16 heteroatoms. The lowest BCUT2D eigenvalue weighted by molar-refractivity contribution is -0.275. The van der Waals surface area contributed by atoms with E-state index < -0.39 is 23.9 Å². The van der Waals surface area contributed by atoms with E-state index in [0.717, 1.165) is 24.2 Å². The van der Waals surface area contributed by atoms with E-state index in [9.17, 15) is 35.9 Å². The number of hydrogen-bond donors (Lipinski definition) is 0. The van der Waals surface area contributed by atoms with Crippen LogP contribution < -0.4 is 19.3 Å². The lowest BCUT2D eigenvalue weighted by Gasteiger charge is -2.42. The minimum absolute atomic E-state index is 0.165. The molecule has 0 unspecified atom stereocenters. The van der Waals surface area contributed by atoms with Crippen molar-refractivity contribution in [3.05, 3.63) is 48.5 Å². The minimum atomic E-state index is -4.70. The van der Waals surface area contributed by atoms with Gasteiger partial charge in [-0.25, -0.2) is 9.59 Å². The predicted octanol–water partition coefficient (Wildman–Crippen LogP) is 9.33. The molecular formula is C38H54F6N4O6. The summed E-state index contributed by atoms with van der Waals surface area (Å²) >= 11 is 0. The molecule has 2 aromatic rings. The second-order valence-electron chi connectivity index (χ2n) is 15.8. The maximum atomic E-state index is 12.3. The molecule has 0 bridgehead atoms. The summed E-state index contributed by atoms with van der Waals surface area (Å²) in [6, 6.07) is 12.0. The molecule has 0 radical (unpaired) electrons. The average Bonchev–Trinajstić information content (AvgIpc) is 3.02. The summed E-state index contributed by atoms with van der Waals surface area (Å²) in [7, 11) is 3.81. The van der Waals surface area contributed by atoms with Crippen molar-refractivity contribution in [1.82, 2.24) is 9.80 Å². The Labute approximate surface area is 314 Å². The zero-order valence-electron chi connectivity index (χ0n) is 32.7. The van der Waals surface area contributed by atoms with Gasteiger partial charge in [-0.2, -0.15) is 0 Å². The summed E-state index contributed by atoms with van der Waals surface area (Å²) in [5.41, 5.74) is 0.529. The third kappa shape index (κ3) is 14.2. The topological polar surface area (TPSA) is 84.0 Å². The highest BCUT2D eigenvalue weighted by Crippen LogP contribution is 2.31. The fraction of sp³-hybridized carbons (Fsp3) is 0.632. The van der Waals surface area contributed by atoms with E-state index in [-0.39, 0.29) is 47.6 Å². The predicted molar refractivity (Wildman–Crippen MR) is 194 cm³/mol. The monoisotopic (exact) mass is 776 g/mol. The maximum Gasteiger partial charge on any atom is 0.573 e. The first-order valence-electron chi connectivity index (χ1n) is 17.8. The fourth-order valence-electron chi connectivity index (χ4n) is 6.55. The molecule has 0 aliphatic carbocycles. The number of piperidine rings is 2. The number of anilines is 2. The van der Waals surface area contributed by atoms with Crippen molar-refractivity contribution in [2.75, 3.05) is 50.1 Å². The van der Waals surface area contributed by atoms with E-state index in [1.54, 1.807) is 34.1 Å². The van der Waals surface area contributed by atoms with Crippen LogP contribution >= 0.6 is 0 Å². The molecule has 2 aliphatic rings. The number of nitrogens with zero attached hydrogens (tertiary/aromatic N) is 4. The number of rotatable bonds is 6. The van der Waals surface area contributed by atoms with Crippen LogP contribution in [0.15, 0.2) is 48.5 Å². The molecule has 0 aromatic heterocycles. The van der Waals surface area contributed by atoms with Crippen molar-refractivity contribution in [3.63, 3.8) is 0 Å². The van der Waals surface area contributed by atoms with Crippen molar-refractivity contribution in [2.24, 2.45) is 11.8 Å². The van der Waals surface area contributed by atoms with Crippen molar-refractivity contribution in [1.29, 1.82) is 0 Å². The van der Waals surface area contributed by atoms with E-state index in [0.29, 0.717) is 26.2 Å². The van der Waals surface area contributed by atoms with Gasteiger partial charge in [-0.15, -0.1) is 26.3 Å². The summed E-state index contributed by atoms with van der Waals surface area (Å²) < 4.78 is 92.3. The van der Waals surface area contributed by atoms with E-state index >= 15 is 0 Å². The van der Waals surface area contributed by atoms with Gasteiger partial charge in [0.05, 0.1) is 0 Å². The van der Waals surface area contributed by atoms with E-state index in [4.69, 9.17) is 9.47 Å². The summed E-state index contributed by atoms with van der Waals surface area (Å²) in [6.07, 6.45) is -8.53. The number of hydrogen-bond acceptors (Lipinski definition) is 8. The molecule has 54 heavy (non-hydrogen) atoms. The lowest BCUT2D eigenvalue weighted by Crippen LogP contribution is -2.51. The van der Waals surface area contributed by atoms with Crippen LogP contribution in [0, 0.1) is 11.8 Å². The number of halogens is 6. The third-order valence-electron chi connectivity index (χ3n) is 8.97. The molecule has 4 atom stereocenters. The van der Waals surface area contributed by atoms with Crippen LogP contribution in [0.2, 0.25) is 0 Å². The first-order chi connectivity index (χ1) is 24.7. The molecule has 0 spiro atoms. The van der Waals surface area contributed by atoms with Crippen molar-refractivity contribution < 1.29 is 54.9 Å². The molecule has 2 heterocycles. The molecule has 0 N–H and O–H groups in total. The van der Waals surface area contributed by atoms with Gasteiger partial charge in [-0.1, -0.05) is 13.8 Å². The summed E-state index contributed by atoms with van der Waals surface area (Å²) in [4.78, 5) is 32.0. The van der Waals surface area contributed by atoms with Crippen LogP contribution in [-0.4, -0.2) is 98.3 Å². The number of amides is 2. The molecule has 0 saturated carbocycles. The Morgan fingerprint density at radius 2 is 0.889 bits per heavy atom. The van der Waals surface area contributed by atoms with Gasteiger partial charge in [0.15, 0.2) is 0 Å². The minimum Gasteiger partial charge on any atom is -0.444 e. The Morgan fingerprint density at radius 3 is 1.13 bits per heavy atom. The fourth-order valence-corrected chi connectivity index (χ4v) is 6.55. The Balaban J connectivity index is 0.000000290. The van der Waals surface area contributed by atoms with Crippen LogP contribution in [0.3, 0.4) is 0 Å². The van der Waals surface area contributed by atoms with Crippen molar-refractivity contribution in [3.8, 4) is 11.5 Å². The number of likely N-dealkylation sites (tertiary alicyclic amines) is 2. The third-order valence-corrected chi connectivity index (χ3v) is 8.97. The molecule has 2 aromatic carbocycles. The molecule has 304 valence electrons. The summed E-state index contributed by atoms with van der Waals surface area (Å²) in [5, 5.41) is 0. The van der Waals surface area contributed by atoms with Gasteiger partial charge in [0.1, 0.15) is 22.7 Å². The molecular weight excluding hydrogens is 722 g/mol. The van der Waals surface area contributed by atoms with E-state index in [2.05, 4.69) is 23.3 Å².